The zero-order chi connectivity index (χ0) is 19.6. The van der Waals surface area contributed by atoms with Crippen LogP contribution in [0.5, 0.6) is 0 Å². The number of hydrogen-bond acceptors (Lipinski definition) is 3. The third-order valence-corrected chi connectivity index (χ3v) is 7.72. The molecular formula is C23H32N2O2S. The van der Waals surface area contributed by atoms with Crippen molar-refractivity contribution in [2.75, 3.05) is 18.6 Å². The maximum absolute atomic E-state index is 13.0. The lowest BCUT2D eigenvalue weighted by Crippen LogP contribution is -2.54. The fourth-order valence-corrected chi connectivity index (χ4v) is 6.71. The second-order valence-electron chi connectivity index (χ2n) is 9.31. The molecule has 1 aromatic rings. The highest BCUT2D eigenvalue weighted by Gasteiger charge is 2.50. The molecule has 0 radical (unpaired) electrons. The molecule has 0 unspecified atom stereocenters. The molecule has 4 nitrogen and oxygen atoms in total. The number of thioether (sulfide) groups is 1. The molecule has 0 aliphatic heterocycles. The molecule has 0 spiro atoms. The zero-order valence-corrected chi connectivity index (χ0v) is 17.6. The van der Waals surface area contributed by atoms with Gasteiger partial charge in [0, 0.05) is 12.1 Å². The number of carbonyl (C=O) groups excluding carboxylic acids is 2. The van der Waals surface area contributed by atoms with Gasteiger partial charge < -0.3 is 10.6 Å². The van der Waals surface area contributed by atoms with E-state index in [9.17, 15) is 9.59 Å². The van der Waals surface area contributed by atoms with Crippen LogP contribution in [0.4, 0.5) is 0 Å². The number of hydrogen-bond donors (Lipinski definition) is 2. The first-order valence-electron chi connectivity index (χ1n) is 10.7. The fourth-order valence-electron chi connectivity index (χ4n) is 6.24. The molecule has 2 amide bonds. The van der Waals surface area contributed by atoms with Crippen molar-refractivity contribution in [3.63, 3.8) is 0 Å². The van der Waals surface area contributed by atoms with Crippen LogP contribution in [0.2, 0.25) is 0 Å². The largest absolute Gasteiger partial charge is 0.354 e. The molecule has 0 aromatic heterocycles. The molecule has 4 aliphatic rings. The summed E-state index contributed by atoms with van der Waals surface area (Å²) in [4.78, 5) is 25.5. The van der Waals surface area contributed by atoms with Crippen LogP contribution in [0, 0.1) is 23.2 Å². The Hall–Kier alpha value is -1.49. The molecule has 2 N–H and O–H groups in total. The van der Waals surface area contributed by atoms with E-state index in [-0.39, 0.29) is 11.8 Å². The highest BCUT2D eigenvalue weighted by atomic mass is 32.2. The Morgan fingerprint density at radius 1 is 1.07 bits per heavy atom. The molecule has 4 saturated carbocycles. The summed E-state index contributed by atoms with van der Waals surface area (Å²) >= 11 is 1.70. The molecular weight excluding hydrogens is 368 g/mol. The van der Waals surface area contributed by atoms with Gasteiger partial charge >= 0.3 is 0 Å². The Kier molecular flexibility index (Phi) is 6.00. The molecule has 4 aliphatic carbocycles. The van der Waals surface area contributed by atoms with E-state index in [2.05, 4.69) is 10.6 Å². The van der Waals surface area contributed by atoms with E-state index in [4.69, 9.17) is 0 Å². The van der Waals surface area contributed by atoms with Gasteiger partial charge in [-0.3, -0.25) is 9.59 Å². The molecule has 28 heavy (non-hydrogen) atoms. The lowest BCUT2D eigenvalue weighted by molar-refractivity contribution is -0.125. The predicted molar refractivity (Wildman–Crippen MR) is 114 cm³/mol. The summed E-state index contributed by atoms with van der Waals surface area (Å²) in [6.07, 6.45) is 10.8. The van der Waals surface area contributed by atoms with Gasteiger partial charge in [0.1, 0.15) is 6.04 Å². The van der Waals surface area contributed by atoms with Crippen LogP contribution < -0.4 is 10.6 Å². The molecule has 4 fully saturated rings. The van der Waals surface area contributed by atoms with Crippen LogP contribution in [0.15, 0.2) is 30.3 Å². The minimum absolute atomic E-state index is 0.0194. The molecule has 0 heterocycles. The van der Waals surface area contributed by atoms with Crippen molar-refractivity contribution < 1.29 is 9.59 Å². The number of benzene rings is 1. The van der Waals surface area contributed by atoms with E-state index < -0.39 is 6.04 Å². The van der Waals surface area contributed by atoms with Gasteiger partial charge in [0.05, 0.1) is 0 Å². The summed E-state index contributed by atoms with van der Waals surface area (Å²) in [7, 11) is 0. The smallest absolute Gasteiger partial charge is 0.251 e. The third-order valence-electron chi connectivity index (χ3n) is 7.07. The molecule has 152 valence electrons. The van der Waals surface area contributed by atoms with Gasteiger partial charge in [-0.05, 0) is 92.3 Å². The van der Waals surface area contributed by atoms with Gasteiger partial charge in [-0.2, -0.15) is 11.8 Å². The molecule has 1 aromatic carbocycles. The number of nitrogens with one attached hydrogen (secondary N) is 2. The van der Waals surface area contributed by atoms with E-state index in [0.29, 0.717) is 17.4 Å². The van der Waals surface area contributed by atoms with E-state index >= 15 is 0 Å². The predicted octanol–water partition coefficient (Wildman–Crippen LogP) is 3.87. The van der Waals surface area contributed by atoms with E-state index in [1.807, 2.05) is 24.5 Å². The second kappa shape index (κ2) is 8.48. The first-order valence-corrected chi connectivity index (χ1v) is 12.1. The maximum Gasteiger partial charge on any atom is 0.251 e. The van der Waals surface area contributed by atoms with Crippen LogP contribution in [0.1, 0.15) is 55.3 Å². The summed E-state index contributed by atoms with van der Waals surface area (Å²) < 4.78 is 0. The molecule has 1 atom stereocenters. The first kappa shape index (κ1) is 19.8. The Balaban J connectivity index is 1.36. The van der Waals surface area contributed by atoms with Crippen LogP contribution in [0.3, 0.4) is 0 Å². The van der Waals surface area contributed by atoms with Gasteiger partial charge in [-0.1, -0.05) is 18.2 Å². The monoisotopic (exact) mass is 400 g/mol. The Morgan fingerprint density at radius 3 is 2.25 bits per heavy atom. The van der Waals surface area contributed by atoms with Crippen molar-refractivity contribution in [2.24, 2.45) is 23.2 Å². The summed E-state index contributed by atoms with van der Waals surface area (Å²) in [5.41, 5.74) is 0.920. The Morgan fingerprint density at radius 2 is 1.68 bits per heavy atom. The topological polar surface area (TPSA) is 58.2 Å². The second-order valence-corrected chi connectivity index (χ2v) is 10.3. The fraction of sp³-hybridized carbons (Fsp3) is 0.652. The van der Waals surface area contributed by atoms with Crippen molar-refractivity contribution >= 4 is 23.6 Å². The van der Waals surface area contributed by atoms with Crippen molar-refractivity contribution in [1.82, 2.24) is 10.6 Å². The summed E-state index contributed by atoms with van der Waals surface area (Å²) in [5.74, 6) is 3.31. The van der Waals surface area contributed by atoms with Gasteiger partial charge in [-0.25, -0.2) is 0 Å². The minimum atomic E-state index is -0.464. The molecule has 5 heteroatoms. The standard InChI is InChI=1S/C23H32N2O2S/c1-28-8-7-20(25-21(26)19-5-3-2-4-6-19)22(27)24-15-23-12-16-9-17(13-23)11-18(10-16)14-23/h2-6,16-18,20H,7-15H2,1H3,(H,24,27)(H,25,26)/t16?,17?,18?,20-,23?/m0/s1. The molecule has 5 rings (SSSR count). The maximum atomic E-state index is 13.0. The van der Waals surface area contributed by atoms with Gasteiger partial charge in [-0.15, -0.1) is 0 Å². The first-order chi connectivity index (χ1) is 13.6. The summed E-state index contributed by atoms with van der Waals surface area (Å²) in [6.45, 7) is 0.784. The highest BCUT2D eigenvalue weighted by molar-refractivity contribution is 7.98. The van der Waals surface area contributed by atoms with E-state index in [1.165, 1.54) is 38.5 Å². The van der Waals surface area contributed by atoms with Crippen molar-refractivity contribution in [2.45, 2.75) is 51.0 Å². The van der Waals surface area contributed by atoms with E-state index in [1.54, 1.807) is 23.9 Å². The van der Waals surface area contributed by atoms with E-state index in [0.717, 1.165) is 30.1 Å². The van der Waals surface area contributed by atoms with Crippen LogP contribution >= 0.6 is 11.8 Å². The number of carbonyl (C=O) groups is 2. The molecule has 0 saturated heterocycles. The van der Waals surface area contributed by atoms with Gasteiger partial charge in [0.25, 0.3) is 5.91 Å². The lowest BCUT2D eigenvalue weighted by Gasteiger charge is -2.57. The van der Waals surface area contributed by atoms with Crippen molar-refractivity contribution in [3.8, 4) is 0 Å². The minimum Gasteiger partial charge on any atom is -0.354 e. The van der Waals surface area contributed by atoms with Gasteiger partial charge in [0.2, 0.25) is 5.91 Å². The normalized spacial score (nSPS) is 31.4. The summed E-state index contributed by atoms with van der Waals surface area (Å²) in [6, 6.07) is 8.69. The summed E-state index contributed by atoms with van der Waals surface area (Å²) in [5, 5.41) is 6.20. The van der Waals surface area contributed by atoms with Crippen molar-refractivity contribution in [1.29, 1.82) is 0 Å². The van der Waals surface area contributed by atoms with Crippen LogP contribution in [0.25, 0.3) is 0 Å². The Bertz CT molecular complexity index is 671. The van der Waals surface area contributed by atoms with Crippen molar-refractivity contribution in [3.05, 3.63) is 35.9 Å². The lowest BCUT2D eigenvalue weighted by atomic mass is 9.49. The SMILES string of the molecule is CSCC[C@H](NC(=O)c1ccccc1)C(=O)NCC12CC3CC(CC(C3)C1)C2. The van der Waals surface area contributed by atoms with Crippen LogP contribution in [-0.2, 0) is 4.79 Å². The average molecular weight is 401 g/mol. The Labute approximate surface area is 172 Å². The molecule has 4 bridgehead atoms. The third kappa shape index (κ3) is 4.40. The van der Waals surface area contributed by atoms with Crippen LogP contribution in [-0.4, -0.2) is 36.4 Å². The zero-order valence-electron chi connectivity index (χ0n) is 16.8. The van der Waals surface area contributed by atoms with Gasteiger partial charge in [0.15, 0.2) is 0 Å². The highest BCUT2D eigenvalue weighted by Crippen LogP contribution is 2.59. The quantitative estimate of drug-likeness (QED) is 0.696. The average Bonchev–Trinajstić information content (AvgIpc) is 2.69. The number of rotatable bonds is 8. The number of amides is 2.